The Morgan fingerprint density at radius 3 is 1.60 bits per heavy atom. The van der Waals surface area contributed by atoms with E-state index in [-0.39, 0.29) is 12.6 Å². The second-order valence-corrected chi connectivity index (χ2v) is 11.3. The minimum Gasteiger partial charge on any atom is -0.459 e. The van der Waals surface area contributed by atoms with Gasteiger partial charge in [0.05, 0.1) is 34.1 Å². The number of benzene rings is 5. The van der Waals surface area contributed by atoms with Crippen LogP contribution in [0.3, 0.4) is 0 Å². The predicted molar refractivity (Wildman–Crippen MR) is 189 cm³/mol. The fourth-order valence-corrected chi connectivity index (χ4v) is 4.78. The number of anilines is 1. The van der Waals surface area contributed by atoms with Gasteiger partial charge in [-0.2, -0.15) is 20.5 Å². The smallest absolute Gasteiger partial charge is 0.254 e. The van der Waals surface area contributed by atoms with E-state index in [9.17, 15) is 0 Å². The van der Waals surface area contributed by atoms with Crippen LogP contribution in [-0.2, 0) is 9.47 Å². The maximum atomic E-state index is 5.81. The van der Waals surface area contributed by atoms with Gasteiger partial charge in [0.25, 0.3) is 6.29 Å². The molecular weight excluding hydrogens is 602 g/mol. The SMILES string of the molecule is CCCCNc1ccc(N=Nc2ccc(N=Nc3ccc(N=Nc4ccc(OC5OC5OCCCC)cc4)c4ccccc34)cc2)cc1. The number of epoxide rings is 1. The van der Waals surface area contributed by atoms with Crippen molar-refractivity contribution in [3.05, 3.63) is 109 Å². The number of unbranched alkanes of at least 4 members (excludes halogenated alkanes) is 2. The van der Waals surface area contributed by atoms with Crippen molar-refractivity contribution >= 4 is 50.6 Å². The van der Waals surface area contributed by atoms with E-state index in [1.54, 1.807) is 0 Å². The topological polar surface area (TPSA) is 117 Å². The van der Waals surface area contributed by atoms with E-state index in [0.29, 0.717) is 23.7 Å². The van der Waals surface area contributed by atoms with Crippen LogP contribution in [-0.4, -0.2) is 25.7 Å². The molecule has 244 valence electrons. The minimum atomic E-state index is -0.362. The molecule has 5 aromatic carbocycles. The highest BCUT2D eigenvalue weighted by molar-refractivity contribution is 5.99. The van der Waals surface area contributed by atoms with Gasteiger partial charge in [0.2, 0.25) is 6.29 Å². The molecule has 1 N–H and O–H groups in total. The monoisotopic (exact) mass is 641 g/mol. The number of fused-ring (bicyclic) bond motifs is 1. The molecule has 0 radical (unpaired) electrons. The molecule has 2 unspecified atom stereocenters. The molecule has 48 heavy (non-hydrogen) atoms. The van der Waals surface area contributed by atoms with E-state index in [2.05, 4.69) is 49.8 Å². The van der Waals surface area contributed by atoms with Gasteiger partial charge in [0, 0.05) is 29.6 Å². The van der Waals surface area contributed by atoms with Crippen molar-refractivity contribution in [1.82, 2.24) is 0 Å². The first-order valence-corrected chi connectivity index (χ1v) is 16.4. The van der Waals surface area contributed by atoms with Crippen molar-refractivity contribution in [2.24, 2.45) is 30.7 Å². The summed E-state index contributed by atoms with van der Waals surface area (Å²) in [5.74, 6) is 0.691. The van der Waals surface area contributed by atoms with Gasteiger partial charge in [0.15, 0.2) is 0 Å². The molecule has 10 nitrogen and oxygen atoms in total. The summed E-state index contributed by atoms with van der Waals surface area (Å²) in [6.07, 6.45) is 3.75. The number of rotatable bonds is 16. The fourth-order valence-electron chi connectivity index (χ4n) is 4.78. The average molecular weight is 642 g/mol. The summed E-state index contributed by atoms with van der Waals surface area (Å²) in [4.78, 5) is 0. The molecule has 1 fully saturated rings. The van der Waals surface area contributed by atoms with Crippen LogP contribution in [0.15, 0.2) is 140 Å². The summed E-state index contributed by atoms with van der Waals surface area (Å²) in [6.45, 7) is 5.95. The van der Waals surface area contributed by atoms with E-state index >= 15 is 0 Å². The molecule has 0 amide bonds. The largest absolute Gasteiger partial charge is 0.459 e. The Labute approximate surface area is 280 Å². The van der Waals surface area contributed by atoms with Gasteiger partial charge in [-0.15, -0.1) is 10.2 Å². The van der Waals surface area contributed by atoms with Crippen LogP contribution < -0.4 is 10.1 Å². The van der Waals surface area contributed by atoms with Crippen LogP contribution in [0.2, 0.25) is 0 Å². The summed E-state index contributed by atoms with van der Waals surface area (Å²) in [5.41, 5.74) is 5.51. The third-order valence-electron chi connectivity index (χ3n) is 7.56. The van der Waals surface area contributed by atoms with E-state index in [1.807, 2.05) is 109 Å². The number of nitrogens with one attached hydrogen (secondary N) is 1. The molecule has 0 saturated carbocycles. The highest BCUT2D eigenvalue weighted by Crippen LogP contribution is 2.36. The standard InChI is InChI=1S/C38H39N7O3/c1-3-5-25-39-27-11-13-28(14-12-27)40-41-29-15-17-30(18-16-29)42-44-35-23-24-36(34-10-8-7-9-33(34)35)45-43-31-19-21-32(22-20-31)47-38-37(48-38)46-26-6-4-2/h7-24,37-39H,3-6,25-26H2,1-2H3. The molecule has 1 saturated heterocycles. The normalized spacial score (nSPS) is 16.0. The predicted octanol–water partition coefficient (Wildman–Crippen LogP) is 12.2. The second-order valence-electron chi connectivity index (χ2n) is 11.3. The molecule has 1 aliphatic heterocycles. The van der Waals surface area contributed by atoms with Crippen LogP contribution in [0, 0.1) is 0 Å². The maximum absolute atomic E-state index is 5.81. The number of hydrogen-bond acceptors (Lipinski definition) is 10. The lowest BCUT2D eigenvalue weighted by Gasteiger charge is -2.05. The Hall–Kier alpha value is -5.32. The van der Waals surface area contributed by atoms with Crippen molar-refractivity contribution in [1.29, 1.82) is 0 Å². The molecule has 2 atom stereocenters. The Balaban J connectivity index is 1.06. The van der Waals surface area contributed by atoms with E-state index in [1.165, 1.54) is 6.42 Å². The van der Waals surface area contributed by atoms with E-state index in [0.717, 1.165) is 65.0 Å². The Bertz CT molecular complexity index is 1860. The van der Waals surface area contributed by atoms with Crippen molar-refractivity contribution in [3.8, 4) is 5.75 Å². The number of nitrogens with zero attached hydrogens (tertiary/aromatic N) is 6. The van der Waals surface area contributed by atoms with Crippen LogP contribution >= 0.6 is 0 Å². The summed E-state index contributed by atoms with van der Waals surface area (Å²) in [7, 11) is 0. The zero-order valence-corrected chi connectivity index (χ0v) is 27.2. The van der Waals surface area contributed by atoms with Crippen molar-refractivity contribution in [2.45, 2.75) is 52.1 Å². The molecule has 6 rings (SSSR count). The van der Waals surface area contributed by atoms with E-state index in [4.69, 9.17) is 14.2 Å². The third-order valence-corrected chi connectivity index (χ3v) is 7.56. The molecule has 5 aromatic rings. The molecule has 0 aliphatic carbocycles. The number of hydrogen-bond donors (Lipinski definition) is 1. The first-order chi connectivity index (χ1) is 23.7. The Kier molecular flexibility index (Phi) is 11.2. The minimum absolute atomic E-state index is 0.290. The second kappa shape index (κ2) is 16.5. The highest BCUT2D eigenvalue weighted by Gasteiger charge is 2.42. The summed E-state index contributed by atoms with van der Waals surface area (Å²) >= 11 is 0. The lowest BCUT2D eigenvalue weighted by atomic mass is 10.1. The molecule has 0 spiro atoms. The molecule has 1 heterocycles. The van der Waals surface area contributed by atoms with Crippen LogP contribution in [0.5, 0.6) is 5.75 Å². The Morgan fingerprint density at radius 1 is 0.562 bits per heavy atom. The lowest BCUT2D eigenvalue weighted by molar-refractivity contribution is 0.0483. The molecule has 1 aliphatic rings. The summed E-state index contributed by atoms with van der Waals surface area (Å²) in [6, 6.07) is 34.6. The van der Waals surface area contributed by atoms with Gasteiger partial charge in [-0.1, -0.05) is 51.0 Å². The highest BCUT2D eigenvalue weighted by atomic mass is 16.9. The van der Waals surface area contributed by atoms with Crippen LogP contribution in [0.25, 0.3) is 10.8 Å². The first-order valence-electron chi connectivity index (χ1n) is 16.4. The van der Waals surface area contributed by atoms with Crippen molar-refractivity contribution in [3.63, 3.8) is 0 Å². The number of azo groups is 3. The lowest BCUT2D eigenvalue weighted by Crippen LogP contribution is -2.07. The van der Waals surface area contributed by atoms with Gasteiger partial charge in [0.1, 0.15) is 5.75 Å². The zero-order chi connectivity index (χ0) is 33.0. The average Bonchev–Trinajstić information content (AvgIpc) is 3.88. The van der Waals surface area contributed by atoms with Crippen molar-refractivity contribution < 1.29 is 14.2 Å². The zero-order valence-electron chi connectivity index (χ0n) is 27.2. The van der Waals surface area contributed by atoms with Crippen molar-refractivity contribution in [2.75, 3.05) is 18.5 Å². The van der Waals surface area contributed by atoms with Crippen LogP contribution in [0.1, 0.15) is 39.5 Å². The number of ether oxygens (including phenoxy) is 3. The molecule has 10 heteroatoms. The van der Waals surface area contributed by atoms with Gasteiger partial charge in [-0.05, 0) is 97.8 Å². The molecule has 0 aromatic heterocycles. The van der Waals surface area contributed by atoms with Gasteiger partial charge >= 0.3 is 0 Å². The molecular formula is C38H39N7O3. The molecule has 0 bridgehead atoms. The Morgan fingerprint density at radius 2 is 1.06 bits per heavy atom. The van der Waals surface area contributed by atoms with E-state index < -0.39 is 0 Å². The van der Waals surface area contributed by atoms with Gasteiger partial charge in [-0.3, -0.25) is 0 Å². The quantitative estimate of drug-likeness (QED) is 0.0655. The third kappa shape index (κ3) is 9.15. The summed E-state index contributed by atoms with van der Waals surface area (Å²) < 4.78 is 16.8. The van der Waals surface area contributed by atoms with Gasteiger partial charge < -0.3 is 19.5 Å². The fraction of sp³-hybridized carbons (Fsp3) is 0.263. The maximum Gasteiger partial charge on any atom is 0.254 e. The first kappa shape index (κ1) is 32.6. The summed E-state index contributed by atoms with van der Waals surface area (Å²) in [5, 5.41) is 32.0. The van der Waals surface area contributed by atoms with Gasteiger partial charge in [-0.25, -0.2) is 0 Å². The van der Waals surface area contributed by atoms with Crippen LogP contribution in [0.4, 0.5) is 39.8 Å².